The number of carboxylic acid groups (broad SMARTS) is 1. The summed E-state index contributed by atoms with van der Waals surface area (Å²) in [5, 5.41) is 9.07. The third-order valence-corrected chi connectivity index (χ3v) is 5.67. The van der Waals surface area contributed by atoms with Gasteiger partial charge in [0, 0.05) is 37.7 Å². The Bertz CT molecular complexity index is 640. The average molecular weight is 360 g/mol. The van der Waals surface area contributed by atoms with E-state index in [2.05, 4.69) is 11.0 Å². The molecule has 0 bridgehead atoms. The fourth-order valence-electron chi connectivity index (χ4n) is 4.16. The highest BCUT2D eigenvalue weighted by Gasteiger charge is 2.30. The van der Waals surface area contributed by atoms with Crippen molar-refractivity contribution in [2.75, 3.05) is 33.3 Å². The molecule has 142 valence electrons. The summed E-state index contributed by atoms with van der Waals surface area (Å²) < 4.78 is 5.51. The Balaban J connectivity index is 1.54. The lowest BCUT2D eigenvalue weighted by molar-refractivity contribution is -0.145. The van der Waals surface area contributed by atoms with E-state index in [0.29, 0.717) is 38.4 Å². The van der Waals surface area contributed by atoms with E-state index in [1.54, 1.807) is 7.11 Å². The molecule has 1 atom stereocenters. The van der Waals surface area contributed by atoms with Gasteiger partial charge in [0.15, 0.2) is 0 Å². The molecular weight excluding hydrogens is 332 g/mol. The molecule has 1 amide bonds. The minimum absolute atomic E-state index is 0.138. The highest BCUT2D eigenvalue weighted by atomic mass is 16.5. The molecule has 2 aliphatic rings. The molecule has 2 fully saturated rings. The molecule has 1 N–H and O–H groups in total. The lowest BCUT2D eigenvalue weighted by atomic mass is 9.97. The smallest absolute Gasteiger partial charge is 0.306 e. The summed E-state index contributed by atoms with van der Waals surface area (Å²) in [6.07, 6.45) is 3.83. The number of piperidine rings is 1. The first-order valence-electron chi connectivity index (χ1n) is 9.47. The third-order valence-electron chi connectivity index (χ3n) is 5.67. The van der Waals surface area contributed by atoms with E-state index in [-0.39, 0.29) is 11.8 Å². The topological polar surface area (TPSA) is 70.1 Å². The Hall–Kier alpha value is -2.08. The van der Waals surface area contributed by atoms with Crippen LogP contribution < -0.4 is 4.74 Å². The van der Waals surface area contributed by atoms with Gasteiger partial charge >= 0.3 is 5.97 Å². The molecule has 1 aromatic carbocycles. The van der Waals surface area contributed by atoms with Crippen molar-refractivity contribution in [1.29, 1.82) is 0 Å². The highest BCUT2D eigenvalue weighted by Crippen LogP contribution is 2.36. The van der Waals surface area contributed by atoms with E-state index >= 15 is 0 Å². The molecule has 0 unspecified atom stereocenters. The molecule has 3 rings (SSSR count). The van der Waals surface area contributed by atoms with Crippen molar-refractivity contribution in [1.82, 2.24) is 9.80 Å². The van der Waals surface area contributed by atoms with Gasteiger partial charge in [-0.3, -0.25) is 14.5 Å². The second-order valence-corrected chi connectivity index (χ2v) is 7.18. The summed E-state index contributed by atoms with van der Waals surface area (Å²) in [4.78, 5) is 27.8. The molecule has 2 heterocycles. The predicted molar refractivity (Wildman–Crippen MR) is 98.1 cm³/mol. The number of hydrogen-bond donors (Lipinski definition) is 1. The minimum Gasteiger partial charge on any atom is -0.496 e. The number of carboxylic acids is 1. The van der Waals surface area contributed by atoms with Crippen LogP contribution >= 0.6 is 0 Å². The van der Waals surface area contributed by atoms with Crippen molar-refractivity contribution in [2.24, 2.45) is 5.92 Å². The summed E-state index contributed by atoms with van der Waals surface area (Å²) in [6, 6.07) is 8.42. The maximum Gasteiger partial charge on any atom is 0.306 e. The van der Waals surface area contributed by atoms with Gasteiger partial charge in [-0.2, -0.15) is 0 Å². The van der Waals surface area contributed by atoms with Crippen molar-refractivity contribution in [3.63, 3.8) is 0 Å². The van der Waals surface area contributed by atoms with E-state index in [4.69, 9.17) is 9.84 Å². The van der Waals surface area contributed by atoms with Crippen molar-refractivity contribution < 1.29 is 19.4 Å². The maximum absolute atomic E-state index is 12.5. The fourth-order valence-corrected chi connectivity index (χ4v) is 4.16. The number of amides is 1. The first-order chi connectivity index (χ1) is 12.6. The normalized spacial score (nSPS) is 21.7. The quantitative estimate of drug-likeness (QED) is 0.844. The number of rotatable bonds is 6. The fraction of sp³-hybridized carbons (Fsp3) is 0.600. The van der Waals surface area contributed by atoms with Gasteiger partial charge in [0.05, 0.1) is 13.0 Å². The van der Waals surface area contributed by atoms with Gasteiger partial charge in [-0.05, 0) is 38.3 Å². The van der Waals surface area contributed by atoms with Gasteiger partial charge in [0.2, 0.25) is 5.91 Å². The zero-order valence-electron chi connectivity index (χ0n) is 15.4. The number of likely N-dealkylation sites (tertiary alicyclic amines) is 2. The zero-order chi connectivity index (χ0) is 18.5. The summed E-state index contributed by atoms with van der Waals surface area (Å²) in [6.45, 7) is 2.86. The molecular formula is C20H28N2O4. The van der Waals surface area contributed by atoms with Gasteiger partial charge < -0.3 is 14.7 Å². The number of hydrogen-bond acceptors (Lipinski definition) is 4. The van der Waals surface area contributed by atoms with Crippen molar-refractivity contribution in [3.8, 4) is 5.75 Å². The van der Waals surface area contributed by atoms with Crippen LogP contribution in [0, 0.1) is 5.92 Å². The molecule has 26 heavy (non-hydrogen) atoms. The van der Waals surface area contributed by atoms with Gasteiger partial charge in [-0.1, -0.05) is 18.2 Å². The first-order valence-corrected chi connectivity index (χ1v) is 9.47. The number of benzene rings is 1. The number of nitrogens with zero attached hydrogens (tertiary/aromatic N) is 2. The third kappa shape index (κ3) is 4.18. The van der Waals surface area contributed by atoms with E-state index < -0.39 is 5.97 Å². The summed E-state index contributed by atoms with van der Waals surface area (Å²) in [5.41, 5.74) is 1.20. The SMILES string of the molecule is COc1ccccc1[C@H]1CCCN1CCC(=O)N1CCC(C(=O)O)CC1. The van der Waals surface area contributed by atoms with Gasteiger partial charge in [-0.25, -0.2) is 0 Å². The highest BCUT2D eigenvalue weighted by molar-refractivity contribution is 5.77. The van der Waals surface area contributed by atoms with Crippen molar-refractivity contribution in [3.05, 3.63) is 29.8 Å². The number of carbonyl (C=O) groups excluding carboxylic acids is 1. The van der Waals surface area contributed by atoms with Crippen LogP contribution in [0.5, 0.6) is 5.75 Å². The summed E-state index contributed by atoms with van der Waals surface area (Å²) in [7, 11) is 1.70. The average Bonchev–Trinajstić information content (AvgIpc) is 3.14. The second-order valence-electron chi connectivity index (χ2n) is 7.18. The van der Waals surface area contributed by atoms with Crippen LogP contribution in [-0.4, -0.2) is 60.1 Å². The molecule has 2 aliphatic heterocycles. The molecule has 0 aromatic heterocycles. The maximum atomic E-state index is 12.5. The number of methoxy groups -OCH3 is 1. The van der Waals surface area contributed by atoms with Gasteiger partial charge in [0.25, 0.3) is 0 Å². The Morgan fingerprint density at radius 3 is 2.58 bits per heavy atom. The van der Waals surface area contributed by atoms with Crippen LogP contribution in [0.4, 0.5) is 0 Å². The van der Waals surface area contributed by atoms with Crippen LogP contribution in [0.3, 0.4) is 0 Å². The molecule has 1 aromatic rings. The van der Waals surface area contributed by atoms with E-state index in [1.165, 1.54) is 5.56 Å². The lowest BCUT2D eigenvalue weighted by Crippen LogP contribution is -2.41. The van der Waals surface area contributed by atoms with Gasteiger partial charge in [-0.15, -0.1) is 0 Å². The molecule has 2 saturated heterocycles. The summed E-state index contributed by atoms with van der Waals surface area (Å²) >= 11 is 0. The Kier molecular flexibility index (Phi) is 6.14. The largest absolute Gasteiger partial charge is 0.496 e. The second kappa shape index (κ2) is 8.54. The van der Waals surface area contributed by atoms with E-state index in [9.17, 15) is 9.59 Å². The van der Waals surface area contributed by atoms with Crippen LogP contribution in [-0.2, 0) is 9.59 Å². The van der Waals surface area contributed by atoms with Crippen LogP contribution in [0.25, 0.3) is 0 Å². The van der Waals surface area contributed by atoms with Gasteiger partial charge in [0.1, 0.15) is 5.75 Å². The zero-order valence-corrected chi connectivity index (χ0v) is 15.4. The molecule has 0 radical (unpaired) electrons. The van der Waals surface area contributed by atoms with Crippen LogP contribution in [0.2, 0.25) is 0 Å². The minimum atomic E-state index is -0.742. The number of carbonyl (C=O) groups is 2. The number of ether oxygens (including phenoxy) is 1. The standard InChI is InChI=1S/C20H28N2O4/c1-26-18-7-3-2-5-16(18)17-6-4-11-21(17)14-10-19(23)22-12-8-15(9-13-22)20(24)25/h2-3,5,7,15,17H,4,6,8-14H2,1H3,(H,24,25)/t17-/m1/s1. The van der Waals surface area contributed by atoms with Crippen LogP contribution in [0.1, 0.15) is 43.7 Å². The lowest BCUT2D eigenvalue weighted by Gasteiger charge is -2.31. The molecule has 0 saturated carbocycles. The van der Waals surface area contributed by atoms with Crippen LogP contribution in [0.15, 0.2) is 24.3 Å². The van der Waals surface area contributed by atoms with E-state index in [1.807, 2.05) is 23.1 Å². The Morgan fingerprint density at radius 2 is 1.88 bits per heavy atom. The first kappa shape index (κ1) is 18.7. The molecule has 6 nitrogen and oxygen atoms in total. The Morgan fingerprint density at radius 1 is 1.15 bits per heavy atom. The molecule has 0 aliphatic carbocycles. The summed E-state index contributed by atoms with van der Waals surface area (Å²) in [5.74, 6) is 0.00681. The molecule has 0 spiro atoms. The van der Waals surface area contributed by atoms with Crippen molar-refractivity contribution >= 4 is 11.9 Å². The molecule has 6 heteroatoms. The van der Waals surface area contributed by atoms with Crippen molar-refractivity contribution in [2.45, 2.75) is 38.1 Å². The number of aliphatic carboxylic acids is 1. The Labute approximate surface area is 154 Å². The predicted octanol–water partition coefficient (Wildman–Crippen LogP) is 2.55. The van der Waals surface area contributed by atoms with E-state index in [0.717, 1.165) is 31.7 Å². The number of para-hydroxylation sites is 1. The monoisotopic (exact) mass is 360 g/mol.